The van der Waals surface area contributed by atoms with E-state index in [1.165, 1.54) is 0 Å². The zero-order chi connectivity index (χ0) is 13.5. The molecule has 5 heteroatoms. The standard InChI is InChI=1S/C13H17BrN2O2/c1-9(6-15)7-16-8-10-4-12(17-2)13(18-3)5-11(10)14/h4-5,9,16H,7-8H2,1-3H3. The number of hydrogen-bond acceptors (Lipinski definition) is 4. The smallest absolute Gasteiger partial charge is 0.161 e. The van der Waals surface area contributed by atoms with Crippen LogP contribution in [-0.2, 0) is 6.54 Å². The molecular formula is C13H17BrN2O2. The van der Waals surface area contributed by atoms with Crippen molar-refractivity contribution in [2.75, 3.05) is 20.8 Å². The Morgan fingerprint density at radius 3 is 2.50 bits per heavy atom. The third-order valence-corrected chi connectivity index (χ3v) is 3.28. The molecule has 1 aromatic carbocycles. The first-order valence-corrected chi connectivity index (χ1v) is 6.42. The summed E-state index contributed by atoms with van der Waals surface area (Å²) in [5, 5.41) is 11.9. The summed E-state index contributed by atoms with van der Waals surface area (Å²) in [4.78, 5) is 0. The fourth-order valence-electron chi connectivity index (χ4n) is 1.50. The molecule has 0 aromatic heterocycles. The lowest BCUT2D eigenvalue weighted by molar-refractivity contribution is 0.354. The summed E-state index contributed by atoms with van der Waals surface area (Å²) in [6.45, 7) is 3.22. The second-order valence-electron chi connectivity index (χ2n) is 3.96. The van der Waals surface area contributed by atoms with Gasteiger partial charge in [0.05, 0.1) is 26.2 Å². The van der Waals surface area contributed by atoms with Crippen LogP contribution < -0.4 is 14.8 Å². The molecule has 1 N–H and O–H groups in total. The fourth-order valence-corrected chi connectivity index (χ4v) is 1.96. The van der Waals surface area contributed by atoms with Gasteiger partial charge in [-0.15, -0.1) is 0 Å². The summed E-state index contributed by atoms with van der Waals surface area (Å²) < 4.78 is 11.4. The topological polar surface area (TPSA) is 54.3 Å². The van der Waals surface area contributed by atoms with E-state index >= 15 is 0 Å². The summed E-state index contributed by atoms with van der Waals surface area (Å²) >= 11 is 3.50. The highest BCUT2D eigenvalue weighted by Crippen LogP contribution is 2.33. The summed E-state index contributed by atoms with van der Waals surface area (Å²) in [7, 11) is 3.22. The molecule has 0 aliphatic rings. The van der Waals surface area contributed by atoms with E-state index in [2.05, 4.69) is 27.3 Å². The van der Waals surface area contributed by atoms with E-state index in [-0.39, 0.29) is 5.92 Å². The van der Waals surface area contributed by atoms with Crippen molar-refractivity contribution < 1.29 is 9.47 Å². The first kappa shape index (κ1) is 14.8. The van der Waals surface area contributed by atoms with Crippen molar-refractivity contribution >= 4 is 15.9 Å². The summed E-state index contributed by atoms with van der Waals surface area (Å²) in [5.41, 5.74) is 1.07. The van der Waals surface area contributed by atoms with Gasteiger partial charge in [-0.3, -0.25) is 0 Å². The molecule has 0 spiro atoms. The molecule has 1 unspecified atom stereocenters. The van der Waals surface area contributed by atoms with E-state index in [4.69, 9.17) is 14.7 Å². The summed E-state index contributed by atoms with van der Waals surface area (Å²) in [6, 6.07) is 5.99. The molecule has 98 valence electrons. The minimum absolute atomic E-state index is 0.00363. The Hall–Kier alpha value is -1.25. The molecule has 0 bridgehead atoms. The van der Waals surface area contributed by atoms with Crippen LogP contribution in [0, 0.1) is 17.2 Å². The van der Waals surface area contributed by atoms with Gasteiger partial charge in [-0.1, -0.05) is 15.9 Å². The van der Waals surface area contributed by atoms with Crippen molar-refractivity contribution in [1.29, 1.82) is 5.26 Å². The van der Waals surface area contributed by atoms with Crippen LogP contribution in [0.15, 0.2) is 16.6 Å². The first-order valence-electron chi connectivity index (χ1n) is 5.63. The third-order valence-electron chi connectivity index (χ3n) is 2.54. The molecule has 1 atom stereocenters. The number of methoxy groups -OCH3 is 2. The van der Waals surface area contributed by atoms with Crippen molar-refractivity contribution in [1.82, 2.24) is 5.32 Å². The molecule has 0 aliphatic carbocycles. The van der Waals surface area contributed by atoms with Gasteiger partial charge in [0.1, 0.15) is 0 Å². The van der Waals surface area contributed by atoms with Crippen molar-refractivity contribution in [2.45, 2.75) is 13.5 Å². The second-order valence-corrected chi connectivity index (χ2v) is 4.81. The number of ether oxygens (including phenoxy) is 2. The van der Waals surface area contributed by atoms with Crippen LogP contribution in [0.4, 0.5) is 0 Å². The number of nitrogens with zero attached hydrogens (tertiary/aromatic N) is 1. The third kappa shape index (κ3) is 3.90. The number of nitriles is 1. The molecule has 0 aliphatic heterocycles. The molecule has 0 amide bonds. The maximum atomic E-state index is 8.70. The van der Waals surface area contributed by atoms with Crippen LogP contribution in [0.2, 0.25) is 0 Å². The maximum Gasteiger partial charge on any atom is 0.161 e. The lowest BCUT2D eigenvalue weighted by Gasteiger charge is -2.12. The van der Waals surface area contributed by atoms with E-state index in [0.717, 1.165) is 10.0 Å². The lowest BCUT2D eigenvalue weighted by atomic mass is 10.1. The zero-order valence-corrected chi connectivity index (χ0v) is 12.4. The van der Waals surface area contributed by atoms with Crippen LogP contribution >= 0.6 is 15.9 Å². The van der Waals surface area contributed by atoms with Gasteiger partial charge in [0.15, 0.2) is 11.5 Å². The highest BCUT2D eigenvalue weighted by atomic mass is 79.9. The van der Waals surface area contributed by atoms with Gasteiger partial charge in [-0.25, -0.2) is 0 Å². The SMILES string of the molecule is COc1cc(Br)c(CNCC(C)C#N)cc1OC. The lowest BCUT2D eigenvalue weighted by Crippen LogP contribution is -2.20. The molecule has 0 radical (unpaired) electrons. The predicted octanol–water partition coefficient (Wildman–Crippen LogP) is 2.72. The average Bonchev–Trinajstić information content (AvgIpc) is 2.39. The quantitative estimate of drug-likeness (QED) is 0.877. The minimum atomic E-state index is 0.00363. The van der Waals surface area contributed by atoms with Gasteiger partial charge >= 0.3 is 0 Å². The number of rotatable bonds is 6. The van der Waals surface area contributed by atoms with Crippen LogP contribution in [0.25, 0.3) is 0 Å². The molecule has 0 saturated carbocycles. The van der Waals surface area contributed by atoms with Gasteiger partial charge in [0, 0.05) is 17.6 Å². The normalized spacial score (nSPS) is 11.7. The van der Waals surface area contributed by atoms with E-state index in [1.54, 1.807) is 14.2 Å². The number of benzene rings is 1. The molecule has 0 saturated heterocycles. The number of halogens is 1. The molecule has 1 aromatic rings. The van der Waals surface area contributed by atoms with Gasteiger partial charge in [-0.05, 0) is 24.6 Å². The maximum absolute atomic E-state index is 8.70. The fraction of sp³-hybridized carbons (Fsp3) is 0.462. The van der Waals surface area contributed by atoms with E-state index in [9.17, 15) is 0 Å². The van der Waals surface area contributed by atoms with E-state index < -0.39 is 0 Å². The molecule has 18 heavy (non-hydrogen) atoms. The zero-order valence-electron chi connectivity index (χ0n) is 10.8. The number of nitrogens with one attached hydrogen (secondary N) is 1. The van der Waals surface area contributed by atoms with E-state index in [1.807, 2.05) is 19.1 Å². The van der Waals surface area contributed by atoms with Gasteiger partial charge < -0.3 is 14.8 Å². The van der Waals surface area contributed by atoms with Crippen molar-refractivity contribution in [3.05, 3.63) is 22.2 Å². The summed E-state index contributed by atoms with van der Waals surface area (Å²) in [6.07, 6.45) is 0. The Kier molecular flexibility index (Phi) is 5.96. The predicted molar refractivity (Wildman–Crippen MR) is 73.7 cm³/mol. The highest BCUT2D eigenvalue weighted by Gasteiger charge is 2.09. The second kappa shape index (κ2) is 7.24. The molecule has 1 rings (SSSR count). The van der Waals surface area contributed by atoms with Gasteiger partial charge in [0.25, 0.3) is 0 Å². The minimum Gasteiger partial charge on any atom is -0.493 e. The Morgan fingerprint density at radius 1 is 1.33 bits per heavy atom. The van der Waals surface area contributed by atoms with Crippen molar-refractivity contribution in [3.8, 4) is 17.6 Å². The van der Waals surface area contributed by atoms with Crippen LogP contribution in [0.3, 0.4) is 0 Å². The van der Waals surface area contributed by atoms with E-state index in [0.29, 0.717) is 24.6 Å². The average molecular weight is 313 g/mol. The summed E-state index contributed by atoms with van der Waals surface area (Å²) in [5.74, 6) is 1.40. The molecule has 4 nitrogen and oxygen atoms in total. The number of hydrogen-bond donors (Lipinski definition) is 1. The van der Waals surface area contributed by atoms with Crippen LogP contribution in [-0.4, -0.2) is 20.8 Å². The Morgan fingerprint density at radius 2 is 1.94 bits per heavy atom. The van der Waals surface area contributed by atoms with Crippen LogP contribution in [0.1, 0.15) is 12.5 Å². The molecule has 0 heterocycles. The van der Waals surface area contributed by atoms with Gasteiger partial charge in [0.2, 0.25) is 0 Å². The Balaban J connectivity index is 2.74. The Bertz CT molecular complexity index is 443. The van der Waals surface area contributed by atoms with Crippen molar-refractivity contribution in [3.63, 3.8) is 0 Å². The first-order chi connectivity index (χ1) is 8.62. The molecule has 0 fully saturated rings. The molecular weight excluding hydrogens is 296 g/mol. The van der Waals surface area contributed by atoms with Crippen molar-refractivity contribution in [2.24, 2.45) is 5.92 Å². The largest absolute Gasteiger partial charge is 0.493 e. The Labute approximate surface area is 116 Å². The van der Waals surface area contributed by atoms with Crippen LogP contribution in [0.5, 0.6) is 11.5 Å². The highest BCUT2D eigenvalue weighted by molar-refractivity contribution is 9.10. The van der Waals surface area contributed by atoms with Gasteiger partial charge in [-0.2, -0.15) is 5.26 Å². The monoisotopic (exact) mass is 312 g/mol.